The lowest BCUT2D eigenvalue weighted by Gasteiger charge is -2.18. The van der Waals surface area contributed by atoms with Gasteiger partial charge >= 0.3 is 5.97 Å². The molecule has 124 valence electrons. The first-order valence-corrected chi connectivity index (χ1v) is 8.91. The first kappa shape index (κ1) is 16.1. The minimum Gasteiger partial charge on any atom is -0.480 e. The van der Waals surface area contributed by atoms with Gasteiger partial charge in [-0.05, 0) is 44.2 Å². The van der Waals surface area contributed by atoms with Gasteiger partial charge in [0.1, 0.15) is 16.5 Å². The summed E-state index contributed by atoms with van der Waals surface area (Å²) in [6.07, 6.45) is 5.47. The molecule has 0 spiro atoms. The number of carbonyl (C=O) groups is 1. The van der Waals surface area contributed by atoms with Gasteiger partial charge in [0, 0.05) is 4.88 Å². The Balaban J connectivity index is 1.91. The van der Waals surface area contributed by atoms with Crippen molar-refractivity contribution < 1.29 is 9.90 Å². The van der Waals surface area contributed by atoms with Gasteiger partial charge in [-0.3, -0.25) is 9.69 Å². The number of nitrogens with two attached hydrogens (primary N) is 1. The minimum atomic E-state index is -0.834. The Morgan fingerprint density at radius 2 is 2.13 bits per heavy atom. The van der Waals surface area contributed by atoms with Gasteiger partial charge in [-0.25, -0.2) is 9.97 Å². The van der Waals surface area contributed by atoms with Crippen molar-refractivity contribution >= 4 is 33.3 Å². The molecule has 0 aliphatic heterocycles. The number of aromatic nitrogens is 2. The van der Waals surface area contributed by atoms with Gasteiger partial charge in [0.2, 0.25) is 0 Å². The van der Waals surface area contributed by atoms with Crippen LogP contribution < -0.4 is 5.73 Å². The highest BCUT2D eigenvalue weighted by atomic mass is 32.1. The quantitative estimate of drug-likeness (QED) is 0.843. The molecule has 0 fully saturated rings. The summed E-state index contributed by atoms with van der Waals surface area (Å²) in [7, 11) is 0. The maximum absolute atomic E-state index is 11.0. The first-order valence-electron chi connectivity index (χ1n) is 8.09. The summed E-state index contributed by atoms with van der Waals surface area (Å²) >= 11 is 1.72. The molecule has 7 heteroatoms. The van der Waals surface area contributed by atoms with Crippen molar-refractivity contribution in [1.82, 2.24) is 14.9 Å². The minimum absolute atomic E-state index is 0.00389. The molecule has 1 aliphatic carbocycles. The molecule has 0 amide bonds. The first-order chi connectivity index (χ1) is 11.1. The second-order valence-corrected chi connectivity index (χ2v) is 7.10. The molecular weight excluding hydrogens is 312 g/mol. The largest absolute Gasteiger partial charge is 0.480 e. The number of nitrogens with zero attached hydrogens (tertiary/aromatic N) is 3. The number of hydrogen-bond acceptors (Lipinski definition) is 6. The average molecular weight is 334 g/mol. The molecule has 0 saturated heterocycles. The summed E-state index contributed by atoms with van der Waals surface area (Å²) in [5.74, 6) is 0.318. The third-order valence-corrected chi connectivity index (χ3v) is 5.34. The summed E-state index contributed by atoms with van der Waals surface area (Å²) in [6, 6.07) is 0. The van der Waals surface area contributed by atoms with Crippen LogP contribution in [0.1, 0.15) is 42.5 Å². The SMILES string of the molecule is CCCN(CC(=O)O)Cc1nc(N)c2c3c(sc2n1)CCCC3. The van der Waals surface area contributed by atoms with Gasteiger partial charge in [0.25, 0.3) is 0 Å². The van der Waals surface area contributed by atoms with Gasteiger partial charge in [-0.1, -0.05) is 6.92 Å². The second-order valence-electron chi connectivity index (χ2n) is 6.02. The van der Waals surface area contributed by atoms with Crippen molar-refractivity contribution in [3.05, 3.63) is 16.3 Å². The zero-order chi connectivity index (χ0) is 16.4. The van der Waals surface area contributed by atoms with Crippen LogP contribution in [0.3, 0.4) is 0 Å². The Hall–Kier alpha value is -1.73. The fourth-order valence-corrected chi connectivity index (χ4v) is 4.51. The second kappa shape index (κ2) is 6.80. The predicted molar refractivity (Wildman–Crippen MR) is 91.7 cm³/mol. The lowest BCUT2D eigenvalue weighted by molar-refractivity contribution is -0.138. The third kappa shape index (κ3) is 3.45. The van der Waals surface area contributed by atoms with Crippen LogP contribution in [0, 0.1) is 0 Å². The van der Waals surface area contributed by atoms with Gasteiger partial charge in [-0.15, -0.1) is 11.3 Å². The number of fused-ring (bicyclic) bond motifs is 3. The van der Waals surface area contributed by atoms with E-state index in [4.69, 9.17) is 10.8 Å². The Bertz CT molecular complexity index is 728. The lowest BCUT2D eigenvalue weighted by Crippen LogP contribution is -2.30. The van der Waals surface area contributed by atoms with E-state index in [9.17, 15) is 4.79 Å². The van der Waals surface area contributed by atoms with E-state index in [1.54, 1.807) is 11.3 Å². The zero-order valence-corrected chi connectivity index (χ0v) is 14.2. The van der Waals surface area contributed by atoms with E-state index in [-0.39, 0.29) is 6.54 Å². The number of thiophene rings is 1. The number of nitrogen functional groups attached to an aromatic ring is 1. The Morgan fingerprint density at radius 3 is 2.87 bits per heavy atom. The van der Waals surface area contributed by atoms with E-state index in [1.807, 2.05) is 11.8 Å². The molecule has 0 radical (unpaired) electrons. The Kier molecular flexibility index (Phi) is 4.77. The normalized spacial score (nSPS) is 14.3. The molecule has 0 saturated carbocycles. The van der Waals surface area contributed by atoms with Crippen LogP contribution in [-0.4, -0.2) is 39.0 Å². The average Bonchev–Trinajstić information content (AvgIpc) is 2.85. The van der Waals surface area contributed by atoms with Crippen molar-refractivity contribution in [1.29, 1.82) is 0 Å². The van der Waals surface area contributed by atoms with E-state index < -0.39 is 5.97 Å². The van der Waals surface area contributed by atoms with Crippen LogP contribution in [0.5, 0.6) is 0 Å². The van der Waals surface area contributed by atoms with Crippen LogP contribution in [0.2, 0.25) is 0 Å². The van der Waals surface area contributed by atoms with Crippen LogP contribution in [0.4, 0.5) is 5.82 Å². The topological polar surface area (TPSA) is 92.3 Å². The summed E-state index contributed by atoms with van der Waals surface area (Å²) in [5, 5.41) is 10.0. The molecule has 6 nitrogen and oxygen atoms in total. The molecule has 0 bridgehead atoms. The van der Waals surface area contributed by atoms with Crippen molar-refractivity contribution in [3.63, 3.8) is 0 Å². The molecule has 23 heavy (non-hydrogen) atoms. The highest BCUT2D eigenvalue weighted by Crippen LogP contribution is 2.37. The van der Waals surface area contributed by atoms with Crippen molar-refractivity contribution in [2.75, 3.05) is 18.8 Å². The van der Waals surface area contributed by atoms with Gasteiger partial charge in [0.15, 0.2) is 0 Å². The molecule has 2 heterocycles. The third-order valence-electron chi connectivity index (χ3n) is 4.15. The lowest BCUT2D eigenvalue weighted by atomic mass is 9.97. The molecular formula is C16H22N4O2S. The van der Waals surface area contributed by atoms with Crippen molar-refractivity contribution in [2.45, 2.75) is 45.6 Å². The van der Waals surface area contributed by atoms with Crippen molar-refractivity contribution in [3.8, 4) is 0 Å². The van der Waals surface area contributed by atoms with E-state index in [1.165, 1.54) is 23.3 Å². The maximum Gasteiger partial charge on any atom is 0.317 e. The van der Waals surface area contributed by atoms with Crippen LogP contribution in [0.15, 0.2) is 0 Å². The number of hydrogen-bond donors (Lipinski definition) is 2. The number of aliphatic carboxylic acids is 1. The van der Waals surface area contributed by atoms with E-state index in [2.05, 4.69) is 9.97 Å². The monoisotopic (exact) mass is 334 g/mol. The van der Waals surface area contributed by atoms with E-state index in [0.29, 0.717) is 24.7 Å². The Morgan fingerprint density at radius 1 is 1.35 bits per heavy atom. The molecule has 0 aromatic carbocycles. The highest BCUT2D eigenvalue weighted by Gasteiger charge is 2.20. The summed E-state index contributed by atoms with van der Waals surface area (Å²) < 4.78 is 0. The smallest absolute Gasteiger partial charge is 0.317 e. The summed E-state index contributed by atoms with van der Waals surface area (Å²) in [6.45, 7) is 3.15. The van der Waals surface area contributed by atoms with Crippen molar-refractivity contribution in [2.24, 2.45) is 0 Å². The number of aryl methyl sites for hydroxylation is 2. The molecule has 3 N–H and O–H groups in total. The standard InChI is InChI=1S/C16H22N4O2S/c1-2-7-20(9-13(21)22)8-12-18-15(17)14-10-5-3-4-6-11(10)23-16(14)19-12/h2-9H2,1H3,(H,21,22)(H2,17,18,19). The zero-order valence-electron chi connectivity index (χ0n) is 13.3. The molecule has 0 unspecified atom stereocenters. The van der Waals surface area contributed by atoms with Crippen LogP contribution in [0.25, 0.3) is 10.2 Å². The van der Waals surface area contributed by atoms with Gasteiger partial charge in [0.05, 0.1) is 18.5 Å². The van der Waals surface area contributed by atoms with Crippen LogP contribution >= 0.6 is 11.3 Å². The number of carboxylic acid groups (broad SMARTS) is 1. The summed E-state index contributed by atoms with van der Waals surface area (Å²) in [5.41, 5.74) is 7.53. The molecule has 3 rings (SSSR count). The number of anilines is 1. The molecule has 0 atom stereocenters. The molecule has 2 aromatic heterocycles. The van der Waals surface area contributed by atoms with Gasteiger partial charge in [-0.2, -0.15) is 0 Å². The fourth-order valence-electron chi connectivity index (χ4n) is 3.22. The predicted octanol–water partition coefficient (Wildman–Crippen LogP) is 2.45. The molecule has 2 aromatic rings. The van der Waals surface area contributed by atoms with Crippen LogP contribution in [-0.2, 0) is 24.2 Å². The highest BCUT2D eigenvalue weighted by molar-refractivity contribution is 7.19. The van der Waals surface area contributed by atoms with Gasteiger partial charge < -0.3 is 10.8 Å². The van der Waals surface area contributed by atoms with E-state index >= 15 is 0 Å². The Labute approximate surface area is 139 Å². The summed E-state index contributed by atoms with van der Waals surface area (Å²) in [4.78, 5) is 24.3. The van der Waals surface area contributed by atoms with E-state index in [0.717, 1.165) is 29.5 Å². The molecule has 1 aliphatic rings. The number of carboxylic acids is 1. The maximum atomic E-state index is 11.0. The number of rotatable bonds is 6. The fraction of sp³-hybridized carbons (Fsp3) is 0.562.